The minimum absolute atomic E-state index is 0.0208. The van der Waals surface area contributed by atoms with E-state index in [1.807, 2.05) is 0 Å². The molecule has 1 unspecified atom stereocenters. The topological polar surface area (TPSA) is 48.5 Å². The number of aromatic nitrogens is 1. The summed E-state index contributed by atoms with van der Waals surface area (Å²) in [6, 6.07) is 2.07. The molecule has 1 atom stereocenters. The number of nitrogens with one attached hydrogen (secondary N) is 1. The highest BCUT2D eigenvalue weighted by molar-refractivity contribution is 5.82. The average molecular weight is 370 g/mol. The lowest BCUT2D eigenvalue weighted by Crippen LogP contribution is -2.53. The number of carbonyl (C=O) groups is 1. The van der Waals surface area contributed by atoms with E-state index in [0.717, 1.165) is 57.5 Å². The molecule has 3 rings (SSSR count). The fourth-order valence-electron chi connectivity index (χ4n) is 3.84. The predicted octanol–water partition coefficient (Wildman–Crippen LogP) is 2.53. The molecule has 1 N–H and O–H groups in total. The molecular formula is C18H25F3N4O. The number of piperidine rings is 2. The molecule has 2 fully saturated rings. The summed E-state index contributed by atoms with van der Waals surface area (Å²) in [4.78, 5) is 20.1. The minimum atomic E-state index is -4.36. The Balaban J connectivity index is 1.53. The molecule has 0 radical (unpaired) electrons. The quantitative estimate of drug-likeness (QED) is 0.885. The van der Waals surface area contributed by atoms with Crippen molar-refractivity contribution < 1.29 is 18.0 Å². The van der Waals surface area contributed by atoms with Gasteiger partial charge >= 0.3 is 6.18 Å². The number of rotatable bonds is 4. The molecule has 2 aliphatic heterocycles. The zero-order chi connectivity index (χ0) is 18.7. The number of alkyl halides is 3. The van der Waals surface area contributed by atoms with E-state index in [-0.39, 0.29) is 11.9 Å². The van der Waals surface area contributed by atoms with Crippen molar-refractivity contribution in [1.29, 1.82) is 0 Å². The van der Waals surface area contributed by atoms with Crippen LogP contribution in [0.25, 0.3) is 0 Å². The van der Waals surface area contributed by atoms with E-state index in [2.05, 4.69) is 15.2 Å². The number of amides is 1. The van der Waals surface area contributed by atoms with E-state index in [9.17, 15) is 18.0 Å². The Labute approximate surface area is 151 Å². The van der Waals surface area contributed by atoms with Crippen molar-refractivity contribution in [3.05, 3.63) is 23.9 Å². The molecule has 26 heavy (non-hydrogen) atoms. The Morgan fingerprint density at radius 3 is 2.69 bits per heavy atom. The van der Waals surface area contributed by atoms with Gasteiger partial charge in [-0.05, 0) is 56.8 Å². The monoisotopic (exact) mass is 370 g/mol. The number of halogens is 3. The van der Waals surface area contributed by atoms with Crippen LogP contribution in [-0.2, 0) is 11.0 Å². The van der Waals surface area contributed by atoms with Crippen molar-refractivity contribution in [3.8, 4) is 0 Å². The highest BCUT2D eigenvalue weighted by atomic mass is 19.4. The molecule has 144 valence electrons. The summed E-state index contributed by atoms with van der Waals surface area (Å²) < 4.78 is 38.6. The summed E-state index contributed by atoms with van der Waals surface area (Å²) in [7, 11) is 1.78. The molecule has 2 aliphatic rings. The van der Waals surface area contributed by atoms with Crippen LogP contribution in [-0.4, -0.2) is 55.1 Å². The molecule has 1 amide bonds. The number of pyridine rings is 1. The molecule has 0 aromatic carbocycles. The molecule has 8 heteroatoms. The van der Waals surface area contributed by atoms with Crippen LogP contribution in [0.1, 0.15) is 31.2 Å². The second-order valence-corrected chi connectivity index (χ2v) is 7.21. The normalized spacial score (nSPS) is 22.9. The van der Waals surface area contributed by atoms with Crippen LogP contribution in [0, 0.1) is 5.92 Å². The first-order valence-corrected chi connectivity index (χ1v) is 9.11. The van der Waals surface area contributed by atoms with E-state index in [0.29, 0.717) is 18.3 Å². The Morgan fingerprint density at radius 2 is 2.04 bits per heavy atom. The summed E-state index contributed by atoms with van der Waals surface area (Å²) in [5.41, 5.74) is -0.674. The third kappa shape index (κ3) is 4.47. The Hall–Kier alpha value is -1.83. The lowest BCUT2D eigenvalue weighted by Gasteiger charge is -2.39. The summed E-state index contributed by atoms with van der Waals surface area (Å²) in [5.74, 6) is 0.855. The molecule has 0 bridgehead atoms. The van der Waals surface area contributed by atoms with Crippen LogP contribution in [0.4, 0.5) is 19.0 Å². The van der Waals surface area contributed by atoms with Crippen molar-refractivity contribution in [2.24, 2.45) is 5.92 Å². The first-order chi connectivity index (χ1) is 12.3. The van der Waals surface area contributed by atoms with Gasteiger partial charge < -0.3 is 10.2 Å². The van der Waals surface area contributed by atoms with Gasteiger partial charge in [0.1, 0.15) is 5.82 Å². The standard InChI is InChI=1S/C18H25F3N4O/c1-24(16-11-14(4-8-22-16)18(19,20)21)12-13-5-9-25(10-6-13)15-3-2-7-23-17(15)26/h4,8,11,13,15H,2-3,5-7,9-10,12H2,1H3,(H,23,26). The van der Waals surface area contributed by atoms with Crippen LogP contribution < -0.4 is 10.2 Å². The molecule has 5 nitrogen and oxygen atoms in total. The van der Waals surface area contributed by atoms with E-state index >= 15 is 0 Å². The van der Waals surface area contributed by atoms with Crippen molar-refractivity contribution in [1.82, 2.24) is 15.2 Å². The maximum Gasteiger partial charge on any atom is 0.416 e. The molecule has 0 aliphatic carbocycles. The zero-order valence-corrected chi connectivity index (χ0v) is 14.9. The fraction of sp³-hybridized carbons (Fsp3) is 0.667. The largest absolute Gasteiger partial charge is 0.416 e. The van der Waals surface area contributed by atoms with E-state index < -0.39 is 11.7 Å². The molecule has 2 saturated heterocycles. The van der Waals surface area contributed by atoms with Gasteiger partial charge in [0.15, 0.2) is 0 Å². The number of likely N-dealkylation sites (tertiary alicyclic amines) is 1. The first kappa shape index (κ1) is 18.9. The maximum atomic E-state index is 12.9. The van der Waals surface area contributed by atoms with Crippen molar-refractivity contribution in [3.63, 3.8) is 0 Å². The zero-order valence-electron chi connectivity index (χ0n) is 14.9. The molecule has 0 spiro atoms. The van der Waals surface area contributed by atoms with Crippen LogP contribution in [0.3, 0.4) is 0 Å². The van der Waals surface area contributed by atoms with Crippen molar-refractivity contribution >= 4 is 11.7 Å². The Kier molecular flexibility index (Phi) is 5.70. The summed E-state index contributed by atoms with van der Waals surface area (Å²) in [6.45, 7) is 3.14. The highest BCUT2D eigenvalue weighted by Gasteiger charge is 2.33. The van der Waals surface area contributed by atoms with Gasteiger partial charge in [0, 0.05) is 26.3 Å². The van der Waals surface area contributed by atoms with E-state index in [1.54, 1.807) is 11.9 Å². The van der Waals surface area contributed by atoms with E-state index in [1.165, 1.54) is 6.20 Å². The smallest absolute Gasteiger partial charge is 0.359 e. The van der Waals surface area contributed by atoms with Crippen molar-refractivity contribution in [2.45, 2.75) is 37.9 Å². The number of anilines is 1. The average Bonchev–Trinajstić information content (AvgIpc) is 2.62. The van der Waals surface area contributed by atoms with Crippen LogP contribution in [0.2, 0.25) is 0 Å². The molecule has 1 aromatic heterocycles. The van der Waals surface area contributed by atoms with Crippen LogP contribution in [0.5, 0.6) is 0 Å². The first-order valence-electron chi connectivity index (χ1n) is 9.11. The molecule has 0 saturated carbocycles. The highest BCUT2D eigenvalue weighted by Crippen LogP contribution is 2.31. The van der Waals surface area contributed by atoms with Gasteiger partial charge in [0.25, 0.3) is 0 Å². The SMILES string of the molecule is CN(CC1CCN(C2CCCNC2=O)CC1)c1cc(C(F)(F)F)ccn1. The summed E-state index contributed by atoms with van der Waals surface area (Å²) in [6.07, 6.45) is 0.647. The second-order valence-electron chi connectivity index (χ2n) is 7.21. The lowest BCUT2D eigenvalue weighted by atomic mass is 9.93. The predicted molar refractivity (Wildman–Crippen MR) is 92.8 cm³/mol. The maximum absolute atomic E-state index is 12.9. The fourth-order valence-corrected chi connectivity index (χ4v) is 3.84. The van der Waals surface area contributed by atoms with E-state index in [4.69, 9.17) is 0 Å². The third-order valence-corrected chi connectivity index (χ3v) is 5.34. The number of carbonyl (C=O) groups excluding carboxylic acids is 1. The third-order valence-electron chi connectivity index (χ3n) is 5.34. The van der Waals surface area contributed by atoms with Crippen molar-refractivity contribution in [2.75, 3.05) is 38.1 Å². The van der Waals surface area contributed by atoms with Gasteiger partial charge in [0.2, 0.25) is 5.91 Å². The molecule has 3 heterocycles. The lowest BCUT2D eigenvalue weighted by molar-refractivity contribution is -0.137. The van der Waals surface area contributed by atoms with Gasteiger partial charge in [-0.15, -0.1) is 0 Å². The van der Waals surface area contributed by atoms with Gasteiger partial charge in [0.05, 0.1) is 11.6 Å². The molecule has 1 aromatic rings. The minimum Gasteiger partial charge on any atom is -0.359 e. The second kappa shape index (κ2) is 7.82. The summed E-state index contributed by atoms with van der Waals surface area (Å²) in [5, 5.41) is 2.92. The van der Waals surface area contributed by atoms with Gasteiger partial charge in [-0.25, -0.2) is 4.98 Å². The van der Waals surface area contributed by atoms with Gasteiger partial charge in [-0.2, -0.15) is 13.2 Å². The number of hydrogen-bond acceptors (Lipinski definition) is 4. The Bertz CT molecular complexity index is 629. The van der Waals surface area contributed by atoms with Crippen LogP contribution in [0.15, 0.2) is 18.3 Å². The number of hydrogen-bond donors (Lipinski definition) is 1. The Morgan fingerprint density at radius 1 is 1.31 bits per heavy atom. The van der Waals surface area contributed by atoms with Gasteiger partial charge in [-0.3, -0.25) is 9.69 Å². The summed E-state index contributed by atoms with van der Waals surface area (Å²) >= 11 is 0. The van der Waals surface area contributed by atoms with Crippen LogP contribution >= 0.6 is 0 Å². The molecular weight excluding hydrogens is 345 g/mol. The number of nitrogens with zero attached hydrogens (tertiary/aromatic N) is 3. The van der Waals surface area contributed by atoms with Gasteiger partial charge in [-0.1, -0.05) is 0 Å².